The van der Waals surface area contributed by atoms with Crippen LogP contribution in [0.1, 0.15) is 87.1 Å². The Kier molecular flexibility index (Phi) is 13.0. The highest BCUT2D eigenvalue weighted by Gasteiger charge is 2.47. The number of aliphatic hydroxyl groups is 1. The van der Waals surface area contributed by atoms with Crippen molar-refractivity contribution in [3.8, 4) is 5.75 Å². The van der Waals surface area contributed by atoms with Crippen LogP contribution in [-0.4, -0.2) is 68.9 Å². The highest BCUT2D eigenvalue weighted by molar-refractivity contribution is 6.74. The van der Waals surface area contributed by atoms with E-state index in [4.69, 9.17) is 23.4 Å². The lowest BCUT2D eigenvalue weighted by atomic mass is 9.80. The molecule has 0 aromatic heterocycles. The summed E-state index contributed by atoms with van der Waals surface area (Å²) in [5, 5.41) is 11.3. The zero-order chi connectivity index (χ0) is 33.7. The Morgan fingerprint density at radius 2 is 1.66 bits per heavy atom. The first-order chi connectivity index (χ1) is 20.2. The molecule has 1 N–H and O–H groups in total. The molecule has 0 radical (unpaired) electrons. The molecular formula is C35H58O8Si. The third kappa shape index (κ3) is 9.49. The number of esters is 1. The number of rotatable bonds is 8. The molecule has 1 aromatic carbocycles. The number of carbonyl (C=O) groups excluding carboxylic acids is 2. The maximum absolute atomic E-state index is 13.8. The molecule has 0 saturated carbocycles. The SMILES string of the molecule is CC[C@H]1OC(=O)[C@H](C)[C@@H](O[Si](C)(C)C(C)(C)C)C[C@@H](OCc2ccc(OC)cc2)[C@](C)(OC)C[C@@H](C)C(=O)/C(C)=C/[C@]1(C)O. The van der Waals surface area contributed by atoms with E-state index in [0.29, 0.717) is 31.4 Å². The van der Waals surface area contributed by atoms with Crippen LogP contribution >= 0.6 is 0 Å². The molecule has 7 atom stereocenters. The molecule has 0 spiro atoms. The Balaban J connectivity index is 2.68. The van der Waals surface area contributed by atoms with Crippen molar-refractivity contribution in [2.24, 2.45) is 11.8 Å². The predicted molar refractivity (Wildman–Crippen MR) is 176 cm³/mol. The van der Waals surface area contributed by atoms with Crippen molar-refractivity contribution in [2.45, 2.75) is 136 Å². The number of hydrogen-bond donors (Lipinski definition) is 1. The summed E-state index contributed by atoms with van der Waals surface area (Å²) in [5.74, 6) is -0.903. The lowest BCUT2D eigenvalue weighted by Gasteiger charge is -2.44. The maximum atomic E-state index is 13.8. The number of ketones is 1. The minimum absolute atomic E-state index is 0.108. The van der Waals surface area contributed by atoms with E-state index >= 15 is 0 Å². The van der Waals surface area contributed by atoms with Gasteiger partial charge in [0.15, 0.2) is 14.1 Å². The fourth-order valence-corrected chi connectivity index (χ4v) is 7.00. The van der Waals surface area contributed by atoms with Gasteiger partial charge in [0, 0.05) is 19.4 Å². The molecule has 0 aliphatic carbocycles. The Morgan fingerprint density at radius 1 is 1.07 bits per heavy atom. The van der Waals surface area contributed by atoms with E-state index in [2.05, 4.69) is 33.9 Å². The molecule has 1 aromatic rings. The van der Waals surface area contributed by atoms with Gasteiger partial charge < -0.3 is 28.5 Å². The average Bonchev–Trinajstić information content (AvgIpc) is 2.94. The highest BCUT2D eigenvalue weighted by Crippen LogP contribution is 2.41. The minimum atomic E-state index is -2.37. The molecule has 250 valence electrons. The summed E-state index contributed by atoms with van der Waals surface area (Å²) in [4.78, 5) is 27.4. The van der Waals surface area contributed by atoms with Crippen LogP contribution in [0.3, 0.4) is 0 Å². The van der Waals surface area contributed by atoms with Crippen LogP contribution in [0.25, 0.3) is 0 Å². The molecule has 1 heterocycles. The molecule has 44 heavy (non-hydrogen) atoms. The number of methoxy groups -OCH3 is 2. The molecule has 0 amide bonds. The number of allylic oxidation sites excluding steroid dienone is 1. The van der Waals surface area contributed by atoms with Crippen LogP contribution in [0.5, 0.6) is 5.75 Å². The van der Waals surface area contributed by atoms with E-state index < -0.39 is 55.6 Å². The maximum Gasteiger partial charge on any atom is 0.311 e. The van der Waals surface area contributed by atoms with Gasteiger partial charge in [-0.1, -0.05) is 46.8 Å². The first kappa shape index (κ1) is 38.1. The van der Waals surface area contributed by atoms with E-state index in [1.165, 1.54) is 6.08 Å². The van der Waals surface area contributed by atoms with E-state index in [1.807, 2.05) is 52.0 Å². The number of cyclic esters (lactones) is 1. The molecule has 0 fully saturated rings. The fraction of sp³-hybridized carbons (Fsp3) is 0.714. The van der Waals surface area contributed by atoms with Crippen molar-refractivity contribution in [3.63, 3.8) is 0 Å². The normalized spacial score (nSPS) is 32.8. The van der Waals surface area contributed by atoms with Crippen molar-refractivity contribution >= 4 is 20.1 Å². The van der Waals surface area contributed by atoms with Crippen LogP contribution < -0.4 is 4.74 Å². The summed E-state index contributed by atoms with van der Waals surface area (Å²) < 4.78 is 31.1. The Bertz CT molecular complexity index is 1140. The zero-order valence-corrected chi connectivity index (χ0v) is 30.4. The largest absolute Gasteiger partial charge is 0.497 e. The second kappa shape index (κ2) is 15.0. The molecule has 0 saturated heterocycles. The monoisotopic (exact) mass is 634 g/mol. The molecule has 8 nitrogen and oxygen atoms in total. The summed E-state index contributed by atoms with van der Waals surface area (Å²) in [6.45, 7) is 21.9. The Morgan fingerprint density at radius 3 is 2.16 bits per heavy atom. The third-order valence-electron chi connectivity index (χ3n) is 9.72. The number of Topliss-reactive ketones (excluding diaryl/α,β-unsaturated/α-hetero) is 1. The van der Waals surface area contributed by atoms with Crippen molar-refractivity contribution in [1.29, 1.82) is 0 Å². The average molecular weight is 635 g/mol. The quantitative estimate of drug-likeness (QED) is 0.240. The second-order valence-electron chi connectivity index (χ2n) is 14.5. The van der Waals surface area contributed by atoms with Gasteiger partial charge in [-0.3, -0.25) is 9.59 Å². The lowest BCUT2D eigenvalue weighted by molar-refractivity contribution is -0.172. The number of hydrogen-bond acceptors (Lipinski definition) is 8. The lowest BCUT2D eigenvalue weighted by Crippen LogP contribution is -2.52. The van der Waals surface area contributed by atoms with Gasteiger partial charge >= 0.3 is 5.97 Å². The van der Waals surface area contributed by atoms with Gasteiger partial charge in [0.25, 0.3) is 0 Å². The summed E-state index contributed by atoms with van der Waals surface area (Å²) >= 11 is 0. The van der Waals surface area contributed by atoms with E-state index in [-0.39, 0.29) is 10.8 Å². The second-order valence-corrected chi connectivity index (χ2v) is 19.2. The molecule has 9 heteroatoms. The van der Waals surface area contributed by atoms with Gasteiger partial charge in [-0.25, -0.2) is 0 Å². The zero-order valence-electron chi connectivity index (χ0n) is 29.4. The minimum Gasteiger partial charge on any atom is -0.497 e. The van der Waals surface area contributed by atoms with Crippen LogP contribution in [-0.2, 0) is 34.8 Å². The van der Waals surface area contributed by atoms with Crippen LogP contribution in [0.15, 0.2) is 35.9 Å². The number of carbonyl (C=O) groups is 2. The van der Waals surface area contributed by atoms with Gasteiger partial charge in [0.05, 0.1) is 37.4 Å². The summed E-state index contributed by atoms with van der Waals surface area (Å²) in [6.07, 6.45) is 0.674. The Hall–Kier alpha value is -2.04. The summed E-state index contributed by atoms with van der Waals surface area (Å²) in [7, 11) is 0.883. The van der Waals surface area contributed by atoms with E-state index in [0.717, 1.165) is 11.3 Å². The van der Waals surface area contributed by atoms with Crippen LogP contribution in [0.4, 0.5) is 0 Å². The first-order valence-electron chi connectivity index (χ1n) is 15.8. The summed E-state index contributed by atoms with van der Waals surface area (Å²) in [5.41, 5.74) is -1.07. The predicted octanol–water partition coefficient (Wildman–Crippen LogP) is 7.03. The highest BCUT2D eigenvalue weighted by atomic mass is 28.4. The van der Waals surface area contributed by atoms with Crippen molar-refractivity contribution in [3.05, 3.63) is 41.5 Å². The van der Waals surface area contributed by atoms with E-state index in [1.54, 1.807) is 28.1 Å². The van der Waals surface area contributed by atoms with Gasteiger partial charge in [-0.2, -0.15) is 0 Å². The van der Waals surface area contributed by atoms with E-state index in [9.17, 15) is 14.7 Å². The van der Waals surface area contributed by atoms with Gasteiger partial charge in [-0.05, 0) is 88.0 Å². The van der Waals surface area contributed by atoms with Crippen LogP contribution in [0.2, 0.25) is 18.1 Å². The Labute approximate surface area is 267 Å². The first-order valence-corrected chi connectivity index (χ1v) is 18.8. The molecule has 2 rings (SSSR count). The smallest absolute Gasteiger partial charge is 0.311 e. The molecular weight excluding hydrogens is 576 g/mol. The number of ether oxygens (including phenoxy) is 4. The van der Waals surface area contributed by atoms with Crippen molar-refractivity contribution < 1.29 is 38.1 Å². The van der Waals surface area contributed by atoms with Crippen LogP contribution in [0, 0.1) is 11.8 Å². The van der Waals surface area contributed by atoms with Gasteiger partial charge in [-0.15, -0.1) is 0 Å². The number of benzene rings is 1. The van der Waals surface area contributed by atoms with Crippen molar-refractivity contribution in [2.75, 3.05) is 14.2 Å². The van der Waals surface area contributed by atoms with Gasteiger partial charge in [0.1, 0.15) is 17.5 Å². The molecule has 1 aliphatic heterocycles. The fourth-order valence-electron chi connectivity index (χ4n) is 5.59. The van der Waals surface area contributed by atoms with Gasteiger partial charge in [0.2, 0.25) is 0 Å². The molecule has 0 unspecified atom stereocenters. The third-order valence-corrected chi connectivity index (χ3v) is 14.2. The topological polar surface area (TPSA) is 101 Å². The molecule has 0 bridgehead atoms. The molecule has 1 aliphatic rings. The standard InChI is InChI=1S/C35H58O8Si/c1-14-29-34(8,38)20-23(2)31(36)24(3)21-35(9,40-11)30(41-22-26-15-17-27(39-10)18-16-26)19-28(25(4)32(37)42-29)43-44(12,13)33(5,6)7/h15-18,20,24-25,28-30,38H,14,19,21-22H2,1-13H3/b23-20+/t24-,25-,28+,29-,30-,34+,35-/m1/s1. The summed E-state index contributed by atoms with van der Waals surface area (Å²) in [6, 6.07) is 7.68. The van der Waals surface area contributed by atoms with Crippen molar-refractivity contribution in [1.82, 2.24) is 0 Å².